The fourth-order valence-corrected chi connectivity index (χ4v) is 2.54. The maximum atomic E-state index is 12.6. The van der Waals surface area contributed by atoms with Gasteiger partial charge in [-0.2, -0.15) is 0 Å². The molecule has 2 N–H and O–H groups in total. The van der Waals surface area contributed by atoms with E-state index in [0.717, 1.165) is 5.56 Å². The van der Waals surface area contributed by atoms with E-state index in [1.54, 1.807) is 30.3 Å². The van der Waals surface area contributed by atoms with Gasteiger partial charge in [0.2, 0.25) is 5.91 Å². The Morgan fingerprint density at radius 3 is 2.42 bits per heavy atom. The molecule has 2 amide bonds. The molecule has 0 saturated heterocycles. The minimum Gasteiger partial charge on any atom is -0.484 e. The number of carbonyl (C=O) groups excluding carboxylic acids is 2. The van der Waals surface area contributed by atoms with Crippen LogP contribution in [0.4, 0.5) is 5.69 Å². The van der Waals surface area contributed by atoms with Gasteiger partial charge in [0.05, 0.1) is 0 Å². The Balaban J connectivity index is 1.97. The minimum atomic E-state index is -0.680. The first kappa shape index (κ1) is 19.8. The second-order valence-corrected chi connectivity index (χ2v) is 6.70. The Hall–Kier alpha value is -2.53. The van der Waals surface area contributed by atoms with Crippen LogP contribution in [0.15, 0.2) is 48.5 Å². The molecule has 0 aliphatic carbocycles. The zero-order chi connectivity index (χ0) is 19.1. The smallest absolute Gasteiger partial charge is 0.258 e. The summed E-state index contributed by atoms with van der Waals surface area (Å²) in [6, 6.07) is 13.7. The normalized spacial score (nSPS) is 11.7. The molecule has 0 spiro atoms. The maximum Gasteiger partial charge on any atom is 0.258 e. The van der Waals surface area contributed by atoms with E-state index in [1.165, 1.54) is 0 Å². The van der Waals surface area contributed by atoms with Gasteiger partial charge in [0, 0.05) is 10.7 Å². The Kier molecular flexibility index (Phi) is 7.04. The molecular formula is C20H23ClN2O3. The molecule has 1 unspecified atom stereocenters. The van der Waals surface area contributed by atoms with Crippen molar-refractivity contribution >= 4 is 29.1 Å². The van der Waals surface area contributed by atoms with Crippen LogP contribution in [0.3, 0.4) is 0 Å². The van der Waals surface area contributed by atoms with Crippen molar-refractivity contribution in [2.45, 2.75) is 26.8 Å². The first-order valence-corrected chi connectivity index (χ1v) is 8.79. The number of halogens is 1. The van der Waals surface area contributed by atoms with Crippen LogP contribution in [0.2, 0.25) is 5.02 Å². The molecule has 2 aromatic rings. The number of hydrogen-bond acceptors (Lipinski definition) is 3. The molecule has 0 radical (unpaired) electrons. The fraction of sp³-hybridized carbons (Fsp3) is 0.300. The van der Waals surface area contributed by atoms with E-state index in [0.29, 0.717) is 16.5 Å². The number of anilines is 1. The van der Waals surface area contributed by atoms with Gasteiger partial charge in [0.1, 0.15) is 11.8 Å². The van der Waals surface area contributed by atoms with Gasteiger partial charge in [-0.1, -0.05) is 49.7 Å². The summed E-state index contributed by atoms with van der Waals surface area (Å²) in [7, 11) is 0. The van der Waals surface area contributed by atoms with Crippen molar-refractivity contribution in [1.82, 2.24) is 5.32 Å². The van der Waals surface area contributed by atoms with Gasteiger partial charge in [0.15, 0.2) is 6.61 Å². The summed E-state index contributed by atoms with van der Waals surface area (Å²) in [6.07, 6.45) is 0. The number of ether oxygens (including phenoxy) is 1. The average Bonchev–Trinajstić information content (AvgIpc) is 2.62. The first-order chi connectivity index (χ1) is 12.4. The zero-order valence-corrected chi connectivity index (χ0v) is 15.8. The molecule has 2 rings (SSSR count). The van der Waals surface area contributed by atoms with Gasteiger partial charge in [-0.15, -0.1) is 0 Å². The molecule has 0 aromatic heterocycles. The van der Waals surface area contributed by atoms with E-state index in [1.807, 2.05) is 39.0 Å². The summed E-state index contributed by atoms with van der Waals surface area (Å²) in [5.41, 5.74) is 1.41. The molecule has 26 heavy (non-hydrogen) atoms. The molecule has 0 aliphatic rings. The van der Waals surface area contributed by atoms with Crippen molar-refractivity contribution < 1.29 is 14.3 Å². The molecular weight excluding hydrogens is 352 g/mol. The molecule has 1 atom stereocenters. The molecule has 0 saturated carbocycles. The molecule has 5 nitrogen and oxygen atoms in total. The number of hydrogen-bond donors (Lipinski definition) is 2. The van der Waals surface area contributed by atoms with Crippen molar-refractivity contribution in [2.24, 2.45) is 5.92 Å². The second kappa shape index (κ2) is 9.25. The quantitative estimate of drug-likeness (QED) is 0.774. The van der Waals surface area contributed by atoms with Gasteiger partial charge in [-0.3, -0.25) is 9.59 Å². The van der Waals surface area contributed by atoms with Gasteiger partial charge in [-0.25, -0.2) is 0 Å². The van der Waals surface area contributed by atoms with E-state index in [-0.39, 0.29) is 24.3 Å². The summed E-state index contributed by atoms with van der Waals surface area (Å²) in [5.74, 6) is -0.137. The standard InChI is InChI=1S/C20H23ClN2O3/c1-13(2)19(20(25)22-17-11-7-10-16(21)14(17)3)23-18(24)12-26-15-8-5-4-6-9-15/h4-11,13,19H,12H2,1-3H3,(H,22,25)(H,23,24). The van der Waals surface area contributed by atoms with Gasteiger partial charge in [-0.05, 0) is 42.7 Å². The van der Waals surface area contributed by atoms with Crippen molar-refractivity contribution in [1.29, 1.82) is 0 Å². The molecule has 0 bridgehead atoms. The Morgan fingerprint density at radius 1 is 1.08 bits per heavy atom. The number of rotatable bonds is 7. The highest BCUT2D eigenvalue weighted by molar-refractivity contribution is 6.31. The van der Waals surface area contributed by atoms with Crippen molar-refractivity contribution in [3.8, 4) is 5.75 Å². The predicted octanol–water partition coefficient (Wildman–Crippen LogP) is 3.81. The highest BCUT2D eigenvalue weighted by Crippen LogP contribution is 2.23. The molecule has 138 valence electrons. The number of nitrogens with one attached hydrogen (secondary N) is 2. The van der Waals surface area contributed by atoms with Crippen molar-refractivity contribution in [3.05, 3.63) is 59.1 Å². The third kappa shape index (κ3) is 5.49. The summed E-state index contributed by atoms with van der Waals surface area (Å²) < 4.78 is 5.42. The second-order valence-electron chi connectivity index (χ2n) is 6.29. The summed E-state index contributed by atoms with van der Waals surface area (Å²) in [4.78, 5) is 24.8. The van der Waals surface area contributed by atoms with Crippen LogP contribution < -0.4 is 15.4 Å². The Bertz CT molecular complexity index is 763. The van der Waals surface area contributed by atoms with Crippen LogP contribution >= 0.6 is 11.6 Å². The highest BCUT2D eigenvalue weighted by atomic mass is 35.5. The third-order valence-corrected chi connectivity index (χ3v) is 4.31. The monoisotopic (exact) mass is 374 g/mol. The van der Waals surface area contributed by atoms with E-state index >= 15 is 0 Å². The number of para-hydroxylation sites is 1. The van der Waals surface area contributed by atoms with Crippen LogP contribution in [0.5, 0.6) is 5.75 Å². The highest BCUT2D eigenvalue weighted by Gasteiger charge is 2.25. The lowest BCUT2D eigenvalue weighted by Crippen LogP contribution is -2.48. The Morgan fingerprint density at radius 2 is 1.77 bits per heavy atom. The lowest BCUT2D eigenvalue weighted by atomic mass is 10.0. The largest absolute Gasteiger partial charge is 0.484 e. The summed E-state index contributed by atoms with van der Waals surface area (Å²) >= 11 is 6.09. The molecule has 0 fully saturated rings. The van der Waals surface area contributed by atoms with E-state index < -0.39 is 6.04 Å². The van der Waals surface area contributed by atoms with Gasteiger partial charge < -0.3 is 15.4 Å². The maximum absolute atomic E-state index is 12.6. The van der Waals surface area contributed by atoms with Crippen molar-refractivity contribution in [2.75, 3.05) is 11.9 Å². The van der Waals surface area contributed by atoms with E-state index in [9.17, 15) is 9.59 Å². The number of carbonyl (C=O) groups is 2. The zero-order valence-electron chi connectivity index (χ0n) is 15.1. The van der Waals surface area contributed by atoms with Crippen LogP contribution in [0, 0.1) is 12.8 Å². The Labute approximate surface area is 158 Å². The molecule has 2 aromatic carbocycles. The van der Waals surface area contributed by atoms with Gasteiger partial charge in [0.25, 0.3) is 5.91 Å². The van der Waals surface area contributed by atoms with Crippen LogP contribution in [-0.4, -0.2) is 24.5 Å². The van der Waals surface area contributed by atoms with E-state index in [4.69, 9.17) is 16.3 Å². The predicted molar refractivity (Wildman–Crippen MR) is 104 cm³/mol. The first-order valence-electron chi connectivity index (χ1n) is 8.41. The van der Waals surface area contributed by atoms with Crippen LogP contribution in [0.25, 0.3) is 0 Å². The lowest BCUT2D eigenvalue weighted by molar-refractivity contribution is -0.128. The topological polar surface area (TPSA) is 67.4 Å². The van der Waals surface area contributed by atoms with E-state index in [2.05, 4.69) is 10.6 Å². The van der Waals surface area contributed by atoms with Gasteiger partial charge >= 0.3 is 0 Å². The SMILES string of the molecule is Cc1c(Cl)cccc1NC(=O)C(NC(=O)COc1ccccc1)C(C)C. The number of benzene rings is 2. The number of amides is 2. The molecule has 0 heterocycles. The lowest BCUT2D eigenvalue weighted by Gasteiger charge is -2.22. The summed E-state index contributed by atoms with van der Waals surface area (Å²) in [5, 5.41) is 6.14. The summed E-state index contributed by atoms with van der Waals surface area (Å²) in [6.45, 7) is 5.41. The third-order valence-electron chi connectivity index (χ3n) is 3.90. The fourth-order valence-electron chi connectivity index (χ4n) is 2.37. The van der Waals surface area contributed by atoms with Crippen LogP contribution in [-0.2, 0) is 9.59 Å². The molecule has 0 aliphatic heterocycles. The average molecular weight is 375 g/mol. The minimum absolute atomic E-state index is 0.0878. The van der Waals surface area contributed by atoms with Crippen molar-refractivity contribution in [3.63, 3.8) is 0 Å². The van der Waals surface area contributed by atoms with Crippen LogP contribution in [0.1, 0.15) is 19.4 Å². The molecule has 6 heteroatoms.